The predicted octanol–water partition coefficient (Wildman–Crippen LogP) is 3.36. The van der Waals surface area contributed by atoms with Crippen molar-refractivity contribution in [2.45, 2.75) is 12.8 Å². The van der Waals surface area contributed by atoms with Gasteiger partial charge in [0.1, 0.15) is 5.75 Å². The number of fused-ring (bicyclic) bond motifs is 1. The van der Waals surface area contributed by atoms with E-state index < -0.39 is 0 Å². The van der Waals surface area contributed by atoms with Crippen LogP contribution >= 0.6 is 0 Å². The number of hydrogen-bond donors (Lipinski definition) is 1. The smallest absolute Gasteiger partial charge is 0.119 e. The summed E-state index contributed by atoms with van der Waals surface area (Å²) in [7, 11) is 1.67. The second kappa shape index (κ2) is 5.68. The average molecular weight is 304 g/mol. The highest BCUT2D eigenvalue weighted by atomic mass is 16.5. The van der Waals surface area contributed by atoms with Gasteiger partial charge >= 0.3 is 0 Å². The fourth-order valence-electron chi connectivity index (χ4n) is 2.79. The van der Waals surface area contributed by atoms with E-state index in [1.54, 1.807) is 7.11 Å². The summed E-state index contributed by atoms with van der Waals surface area (Å²) >= 11 is 0. The molecule has 23 heavy (non-hydrogen) atoms. The third-order valence-electron chi connectivity index (χ3n) is 4.00. The van der Waals surface area contributed by atoms with Crippen molar-refractivity contribution in [1.82, 2.24) is 10.2 Å². The second-order valence-corrected chi connectivity index (χ2v) is 5.59. The highest BCUT2D eigenvalue weighted by Crippen LogP contribution is 2.20. The van der Waals surface area contributed by atoms with Crippen LogP contribution in [0.3, 0.4) is 0 Å². The van der Waals surface area contributed by atoms with Crippen molar-refractivity contribution in [3.05, 3.63) is 59.8 Å². The van der Waals surface area contributed by atoms with Gasteiger partial charge in [-0.25, -0.2) is 0 Å². The van der Waals surface area contributed by atoms with E-state index in [1.165, 1.54) is 5.56 Å². The molecule has 2 heterocycles. The summed E-state index contributed by atoms with van der Waals surface area (Å²) in [6, 6.07) is 14.2. The molecule has 0 fully saturated rings. The Balaban J connectivity index is 1.48. The Hall–Kier alpha value is -2.95. The highest BCUT2D eigenvalue weighted by molar-refractivity contribution is 6.15. The topological polar surface area (TPSA) is 62.6 Å². The maximum atomic E-state index is 5.27. The standard InChI is InChI=1S/C18H16N4O/c1-23-16-4-2-3-13(9-16)18-10-15(20-22-18)8-12-5-6-17-14(7-12)11-19-21-17/h2-7,9,11H,8,10H2,1H3,(H,19,21). The molecule has 4 rings (SSSR count). The molecular formula is C18H16N4O. The number of nitrogens with zero attached hydrogens (tertiary/aromatic N) is 3. The van der Waals surface area contributed by atoms with Crippen LogP contribution < -0.4 is 4.74 Å². The maximum absolute atomic E-state index is 5.27. The van der Waals surface area contributed by atoms with Gasteiger partial charge < -0.3 is 4.74 Å². The number of rotatable bonds is 4. The van der Waals surface area contributed by atoms with Crippen LogP contribution in [0.25, 0.3) is 10.9 Å². The van der Waals surface area contributed by atoms with Gasteiger partial charge in [0.25, 0.3) is 0 Å². The lowest BCUT2D eigenvalue weighted by Gasteiger charge is -2.05. The predicted molar refractivity (Wildman–Crippen MR) is 91.4 cm³/mol. The van der Waals surface area contributed by atoms with E-state index in [1.807, 2.05) is 30.5 Å². The molecule has 0 amide bonds. The van der Waals surface area contributed by atoms with E-state index in [9.17, 15) is 0 Å². The monoisotopic (exact) mass is 304 g/mol. The molecule has 0 unspecified atom stereocenters. The first kappa shape index (κ1) is 13.7. The summed E-state index contributed by atoms with van der Waals surface area (Å²) in [5.41, 5.74) is 5.40. The van der Waals surface area contributed by atoms with Crippen LogP contribution in [0.4, 0.5) is 0 Å². The number of methoxy groups -OCH3 is 1. The molecule has 0 spiro atoms. The minimum Gasteiger partial charge on any atom is -0.497 e. The van der Waals surface area contributed by atoms with E-state index in [0.717, 1.165) is 46.5 Å². The zero-order chi connectivity index (χ0) is 15.6. The van der Waals surface area contributed by atoms with Gasteiger partial charge in [-0.15, -0.1) is 0 Å². The molecule has 1 aliphatic rings. The number of H-pyrrole nitrogens is 1. The van der Waals surface area contributed by atoms with Crippen LogP contribution in [0, 0.1) is 0 Å². The lowest BCUT2D eigenvalue weighted by atomic mass is 10.0. The molecule has 0 saturated heterocycles. The molecule has 3 aromatic rings. The Morgan fingerprint density at radius 1 is 1.13 bits per heavy atom. The third-order valence-corrected chi connectivity index (χ3v) is 4.00. The van der Waals surface area contributed by atoms with Gasteiger partial charge in [-0.3, -0.25) is 5.10 Å². The molecule has 1 aromatic heterocycles. The summed E-state index contributed by atoms with van der Waals surface area (Å²) in [5, 5.41) is 16.8. The van der Waals surface area contributed by atoms with Crippen molar-refractivity contribution >= 4 is 22.3 Å². The van der Waals surface area contributed by atoms with E-state index in [4.69, 9.17) is 4.74 Å². The lowest BCUT2D eigenvalue weighted by Crippen LogP contribution is -2.06. The Kier molecular flexibility index (Phi) is 3.38. The molecule has 5 nitrogen and oxygen atoms in total. The molecule has 1 aliphatic heterocycles. The molecule has 1 N–H and O–H groups in total. The molecule has 0 atom stereocenters. The maximum Gasteiger partial charge on any atom is 0.119 e. The minimum atomic E-state index is 0.774. The molecule has 0 aliphatic carbocycles. The van der Waals surface area contributed by atoms with Crippen LogP contribution in [-0.2, 0) is 6.42 Å². The molecule has 114 valence electrons. The third kappa shape index (κ3) is 2.73. The van der Waals surface area contributed by atoms with Crippen molar-refractivity contribution in [3.8, 4) is 5.75 Å². The number of nitrogens with one attached hydrogen (secondary N) is 1. The van der Waals surface area contributed by atoms with Gasteiger partial charge in [-0.1, -0.05) is 18.2 Å². The summed E-state index contributed by atoms with van der Waals surface area (Å²) in [6.45, 7) is 0. The summed E-state index contributed by atoms with van der Waals surface area (Å²) in [5.74, 6) is 0.837. The molecule has 0 bridgehead atoms. The molecular weight excluding hydrogens is 288 g/mol. The highest BCUT2D eigenvalue weighted by Gasteiger charge is 2.15. The zero-order valence-corrected chi connectivity index (χ0v) is 12.8. The molecule has 5 heteroatoms. The average Bonchev–Trinajstić information content (AvgIpc) is 3.24. The SMILES string of the molecule is COc1cccc(C2=NN=C(Cc3ccc4[nH]ncc4c3)C2)c1. The first-order chi connectivity index (χ1) is 11.3. The first-order valence-corrected chi connectivity index (χ1v) is 7.50. The Morgan fingerprint density at radius 2 is 2.09 bits per heavy atom. The van der Waals surface area contributed by atoms with Crippen molar-refractivity contribution in [2.24, 2.45) is 10.2 Å². The van der Waals surface area contributed by atoms with Crippen molar-refractivity contribution in [1.29, 1.82) is 0 Å². The Labute approximate surface area is 133 Å². The van der Waals surface area contributed by atoms with Gasteiger partial charge in [0.05, 0.1) is 30.2 Å². The van der Waals surface area contributed by atoms with E-state index in [2.05, 4.69) is 38.6 Å². The summed E-state index contributed by atoms with van der Waals surface area (Å²) in [6.07, 6.45) is 3.42. The molecule has 0 radical (unpaired) electrons. The Morgan fingerprint density at radius 3 is 3.00 bits per heavy atom. The summed E-state index contributed by atoms with van der Waals surface area (Å²) in [4.78, 5) is 0. The van der Waals surface area contributed by atoms with Crippen LogP contribution in [-0.4, -0.2) is 28.7 Å². The van der Waals surface area contributed by atoms with Gasteiger partial charge in [0.2, 0.25) is 0 Å². The van der Waals surface area contributed by atoms with E-state index in [0.29, 0.717) is 0 Å². The van der Waals surface area contributed by atoms with Crippen molar-refractivity contribution in [3.63, 3.8) is 0 Å². The van der Waals surface area contributed by atoms with E-state index >= 15 is 0 Å². The van der Waals surface area contributed by atoms with Crippen LogP contribution in [0.15, 0.2) is 58.9 Å². The summed E-state index contributed by atoms with van der Waals surface area (Å²) < 4.78 is 5.27. The Bertz CT molecular complexity index is 923. The van der Waals surface area contributed by atoms with E-state index in [-0.39, 0.29) is 0 Å². The lowest BCUT2D eigenvalue weighted by molar-refractivity contribution is 0.414. The van der Waals surface area contributed by atoms with Gasteiger partial charge in [-0.05, 0) is 29.8 Å². The number of aromatic amines is 1. The fourth-order valence-corrected chi connectivity index (χ4v) is 2.79. The van der Waals surface area contributed by atoms with Crippen LogP contribution in [0.5, 0.6) is 5.75 Å². The minimum absolute atomic E-state index is 0.774. The number of aromatic nitrogens is 2. The van der Waals surface area contributed by atoms with Crippen molar-refractivity contribution in [2.75, 3.05) is 7.11 Å². The van der Waals surface area contributed by atoms with Gasteiger partial charge in [0, 0.05) is 23.8 Å². The second-order valence-electron chi connectivity index (χ2n) is 5.59. The van der Waals surface area contributed by atoms with Crippen molar-refractivity contribution < 1.29 is 4.74 Å². The van der Waals surface area contributed by atoms with Crippen LogP contribution in [0.1, 0.15) is 17.5 Å². The number of hydrogen-bond acceptors (Lipinski definition) is 4. The zero-order valence-electron chi connectivity index (χ0n) is 12.8. The quantitative estimate of drug-likeness (QED) is 0.803. The normalized spacial score (nSPS) is 14.0. The largest absolute Gasteiger partial charge is 0.497 e. The van der Waals surface area contributed by atoms with Gasteiger partial charge in [0.15, 0.2) is 0 Å². The first-order valence-electron chi connectivity index (χ1n) is 7.50. The van der Waals surface area contributed by atoms with Crippen LogP contribution in [0.2, 0.25) is 0 Å². The number of ether oxygens (including phenoxy) is 1. The molecule has 0 saturated carbocycles. The van der Waals surface area contributed by atoms with Gasteiger partial charge in [-0.2, -0.15) is 15.3 Å². The number of benzene rings is 2. The molecule has 2 aromatic carbocycles. The fraction of sp³-hybridized carbons (Fsp3) is 0.167.